The van der Waals surface area contributed by atoms with Gasteiger partial charge in [0.1, 0.15) is 0 Å². The molecule has 0 spiro atoms. The smallest absolute Gasteiger partial charge is 0.0670 e. The molecule has 0 aliphatic heterocycles. The lowest BCUT2D eigenvalue weighted by Gasteiger charge is -2.27. The molecule has 256 valence electrons. The van der Waals surface area contributed by atoms with Crippen LogP contribution in [0.1, 0.15) is 35.4 Å². The van der Waals surface area contributed by atoms with Crippen LogP contribution in [-0.4, -0.2) is 10.8 Å². The number of benzene rings is 7. The molecule has 7 aromatic carbocycles. The SMILES string of the molecule is Cc1c2c(n(-c3ccc(-c4ccc5c6c(cccc46)-c4c-5c(-c5ccccc5)c5ccccc5c4-c4ccccc4)cc3)c1C=N)CC1CCC=CC1=C2. The van der Waals surface area contributed by atoms with E-state index in [1.807, 2.05) is 0 Å². The third-order valence-electron chi connectivity index (χ3n) is 12.3. The molecule has 0 bridgehead atoms. The molecule has 0 amide bonds. The van der Waals surface area contributed by atoms with E-state index in [1.165, 1.54) is 112 Å². The molecule has 2 heteroatoms. The van der Waals surface area contributed by atoms with E-state index in [4.69, 9.17) is 5.41 Å². The zero-order valence-corrected chi connectivity index (χ0v) is 30.2. The molecule has 3 aliphatic rings. The van der Waals surface area contributed by atoms with Crippen molar-refractivity contribution >= 4 is 33.8 Å². The number of allylic oxidation sites excluding steroid dienone is 3. The van der Waals surface area contributed by atoms with E-state index in [2.05, 4.69) is 169 Å². The Labute approximate surface area is 315 Å². The van der Waals surface area contributed by atoms with Gasteiger partial charge in [0.05, 0.1) is 5.69 Å². The zero-order chi connectivity index (χ0) is 35.9. The second-order valence-corrected chi connectivity index (χ2v) is 15.1. The molecule has 8 aromatic rings. The van der Waals surface area contributed by atoms with Crippen LogP contribution in [0.2, 0.25) is 0 Å². The van der Waals surface area contributed by atoms with Crippen molar-refractivity contribution in [1.82, 2.24) is 4.57 Å². The number of aromatic nitrogens is 1. The van der Waals surface area contributed by atoms with E-state index in [0.29, 0.717) is 5.92 Å². The van der Waals surface area contributed by atoms with Crippen molar-refractivity contribution in [2.75, 3.05) is 0 Å². The molecule has 0 fully saturated rings. The zero-order valence-electron chi connectivity index (χ0n) is 30.2. The van der Waals surface area contributed by atoms with Crippen LogP contribution in [0.15, 0.2) is 157 Å². The van der Waals surface area contributed by atoms with Gasteiger partial charge < -0.3 is 9.98 Å². The van der Waals surface area contributed by atoms with Gasteiger partial charge in [-0.3, -0.25) is 0 Å². The van der Waals surface area contributed by atoms with E-state index < -0.39 is 0 Å². The minimum Gasteiger partial charge on any atom is -0.312 e. The van der Waals surface area contributed by atoms with Crippen molar-refractivity contribution in [1.29, 1.82) is 5.41 Å². The predicted molar refractivity (Wildman–Crippen MR) is 228 cm³/mol. The van der Waals surface area contributed by atoms with Crippen LogP contribution in [0.3, 0.4) is 0 Å². The van der Waals surface area contributed by atoms with Crippen LogP contribution in [0, 0.1) is 18.3 Å². The highest BCUT2D eigenvalue weighted by Gasteiger charge is 2.32. The lowest BCUT2D eigenvalue weighted by Crippen LogP contribution is -2.17. The maximum absolute atomic E-state index is 8.43. The first-order valence-electron chi connectivity index (χ1n) is 19.2. The van der Waals surface area contributed by atoms with Crippen LogP contribution < -0.4 is 0 Å². The van der Waals surface area contributed by atoms with Crippen LogP contribution >= 0.6 is 0 Å². The summed E-state index contributed by atoms with van der Waals surface area (Å²) < 4.78 is 2.35. The summed E-state index contributed by atoms with van der Waals surface area (Å²) in [5.74, 6) is 0.550. The molecule has 0 saturated heterocycles. The molecule has 1 heterocycles. The van der Waals surface area contributed by atoms with E-state index >= 15 is 0 Å². The van der Waals surface area contributed by atoms with E-state index in [9.17, 15) is 0 Å². The molecule has 0 radical (unpaired) electrons. The van der Waals surface area contributed by atoms with E-state index in [0.717, 1.165) is 24.2 Å². The summed E-state index contributed by atoms with van der Waals surface area (Å²) in [6.45, 7) is 2.17. The maximum atomic E-state index is 8.43. The number of fused-ring (bicyclic) bond motifs is 6. The normalized spacial score (nSPS) is 15.2. The molecule has 1 N–H and O–H groups in total. The fraction of sp³-hybridized carbons (Fsp3) is 0.0962. The quantitative estimate of drug-likeness (QED) is 0.174. The van der Waals surface area contributed by atoms with Gasteiger partial charge in [-0.2, -0.15) is 0 Å². The van der Waals surface area contributed by atoms with Crippen molar-refractivity contribution in [3.05, 3.63) is 180 Å². The van der Waals surface area contributed by atoms with Gasteiger partial charge in [-0.25, -0.2) is 0 Å². The first kappa shape index (κ1) is 31.1. The van der Waals surface area contributed by atoms with Gasteiger partial charge in [-0.15, -0.1) is 0 Å². The van der Waals surface area contributed by atoms with Gasteiger partial charge in [-0.05, 0) is 144 Å². The first-order valence-corrected chi connectivity index (χ1v) is 19.2. The van der Waals surface area contributed by atoms with Crippen LogP contribution in [0.4, 0.5) is 0 Å². The van der Waals surface area contributed by atoms with Gasteiger partial charge >= 0.3 is 0 Å². The molecule has 54 heavy (non-hydrogen) atoms. The summed E-state index contributed by atoms with van der Waals surface area (Å²) in [4.78, 5) is 0. The fourth-order valence-corrected chi connectivity index (χ4v) is 9.91. The highest BCUT2D eigenvalue weighted by atomic mass is 15.0. The first-order chi connectivity index (χ1) is 26.7. The maximum Gasteiger partial charge on any atom is 0.0670 e. The average molecular weight is 691 g/mol. The minimum absolute atomic E-state index is 0.550. The van der Waals surface area contributed by atoms with Crippen molar-refractivity contribution in [2.24, 2.45) is 5.92 Å². The summed E-state index contributed by atoms with van der Waals surface area (Å²) >= 11 is 0. The molecule has 3 aliphatic carbocycles. The van der Waals surface area contributed by atoms with Crippen LogP contribution in [-0.2, 0) is 6.42 Å². The Bertz CT molecular complexity index is 2810. The molecule has 2 nitrogen and oxygen atoms in total. The lowest BCUT2D eigenvalue weighted by atomic mass is 9.80. The molecule has 1 unspecified atom stereocenters. The van der Waals surface area contributed by atoms with Crippen molar-refractivity contribution in [3.8, 4) is 61.3 Å². The highest BCUT2D eigenvalue weighted by Crippen LogP contribution is 2.58. The number of hydrogen-bond acceptors (Lipinski definition) is 1. The summed E-state index contributed by atoms with van der Waals surface area (Å²) in [6, 6.07) is 51.5. The predicted octanol–water partition coefficient (Wildman–Crippen LogP) is 13.6. The standard InChI is InChI=1S/C52H38N2/c1-32-45-29-36-17-8-9-18-37(36)30-46(45)54(47(32)31-53)38-25-23-33(24-26-38)39-27-28-44-50-40(39)21-12-22-43(50)51-48(34-13-4-2-5-14-34)41-19-10-11-20-42(41)49(52(44)51)35-15-6-3-7-16-35/h2-8,10-17,19-29,31,37,53H,9,18,30H2,1H3. The Kier molecular flexibility index (Phi) is 6.91. The molecule has 1 aromatic heterocycles. The summed E-state index contributed by atoms with van der Waals surface area (Å²) in [6.07, 6.45) is 11.9. The fourth-order valence-electron chi connectivity index (χ4n) is 9.91. The topological polar surface area (TPSA) is 28.8 Å². The Balaban J connectivity index is 1.11. The van der Waals surface area contributed by atoms with Crippen molar-refractivity contribution in [3.63, 3.8) is 0 Å². The number of hydrogen-bond donors (Lipinski definition) is 1. The Morgan fingerprint density at radius 3 is 1.87 bits per heavy atom. The Morgan fingerprint density at radius 1 is 0.593 bits per heavy atom. The largest absolute Gasteiger partial charge is 0.312 e. The average Bonchev–Trinajstić information content (AvgIpc) is 3.71. The van der Waals surface area contributed by atoms with Crippen molar-refractivity contribution < 1.29 is 0 Å². The van der Waals surface area contributed by atoms with Crippen molar-refractivity contribution in [2.45, 2.75) is 26.2 Å². The monoisotopic (exact) mass is 690 g/mol. The summed E-state index contributed by atoms with van der Waals surface area (Å²) in [5.41, 5.74) is 20.1. The van der Waals surface area contributed by atoms with Gasteiger partial charge in [-0.1, -0.05) is 140 Å². The Hall–Kier alpha value is -6.51. The summed E-state index contributed by atoms with van der Waals surface area (Å²) in [5, 5.41) is 13.6. The van der Waals surface area contributed by atoms with Gasteiger partial charge in [0.2, 0.25) is 0 Å². The third kappa shape index (κ3) is 4.43. The molecule has 1 atom stereocenters. The van der Waals surface area contributed by atoms with E-state index in [1.54, 1.807) is 0 Å². The van der Waals surface area contributed by atoms with Gasteiger partial charge in [0.25, 0.3) is 0 Å². The number of rotatable bonds is 5. The Morgan fingerprint density at radius 2 is 1.20 bits per heavy atom. The second kappa shape index (κ2) is 12.0. The number of nitrogens with one attached hydrogen (secondary N) is 1. The molecule has 0 saturated carbocycles. The number of nitrogens with zero attached hydrogens (tertiary/aromatic N) is 1. The molecule has 11 rings (SSSR count). The molecular weight excluding hydrogens is 653 g/mol. The minimum atomic E-state index is 0.550. The van der Waals surface area contributed by atoms with Gasteiger partial charge in [0, 0.05) is 17.6 Å². The van der Waals surface area contributed by atoms with Gasteiger partial charge in [0.15, 0.2) is 0 Å². The second-order valence-electron chi connectivity index (χ2n) is 15.1. The summed E-state index contributed by atoms with van der Waals surface area (Å²) in [7, 11) is 0. The van der Waals surface area contributed by atoms with Crippen LogP contribution in [0.5, 0.6) is 0 Å². The highest BCUT2D eigenvalue weighted by molar-refractivity contribution is 6.28. The lowest BCUT2D eigenvalue weighted by molar-refractivity contribution is 0.545. The van der Waals surface area contributed by atoms with Crippen LogP contribution in [0.25, 0.3) is 88.9 Å². The third-order valence-corrected chi connectivity index (χ3v) is 12.3. The van der Waals surface area contributed by atoms with E-state index in [-0.39, 0.29) is 0 Å². The molecular formula is C52H38N2.